The quantitative estimate of drug-likeness (QED) is 0.839. The van der Waals surface area contributed by atoms with Crippen LogP contribution in [0, 0.1) is 0 Å². The highest BCUT2D eigenvalue weighted by atomic mass is 16.5. The molecule has 0 aliphatic rings. The van der Waals surface area contributed by atoms with Crippen LogP contribution in [0.25, 0.3) is 5.69 Å². The van der Waals surface area contributed by atoms with Crippen LogP contribution in [0.4, 0.5) is 0 Å². The third-order valence-electron chi connectivity index (χ3n) is 2.78. The van der Waals surface area contributed by atoms with Crippen LogP contribution in [0.15, 0.2) is 30.5 Å². The SMILES string of the molecule is COCc1c(C(=O)O)cnn1-c1ccc(C(N)=O)cc1. The summed E-state index contributed by atoms with van der Waals surface area (Å²) in [6, 6.07) is 6.38. The molecule has 2 aromatic rings. The van der Waals surface area contributed by atoms with Gasteiger partial charge in [0.05, 0.1) is 24.2 Å². The van der Waals surface area contributed by atoms with Crippen molar-refractivity contribution in [2.75, 3.05) is 7.11 Å². The van der Waals surface area contributed by atoms with Crippen molar-refractivity contribution in [2.45, 2.75) is 6.61 Å². The molecule has 1 aromatic heterocycles. The number of nitrogens with zero attached hydrogens (tertiary/aromatic N) is 2. The van der Waals surface area contributed by atoms with Crippen molar-refractivity contribution in [3.8, 4) is 5.69 Å². The van der Waals surface area contributed by atoms with Crippen LogP contribution in [-0.4, -0.2) is 33.9 Å². The van der Waals surface area contributed by atoms with Crippen LogP contribution in [0.1, 0.15) is 26.4 Å². The van der Waals surface area contributed by atoms with E-state index in [2.05, 4.69) is 5.10 Å². The Morgan fingerprint density at radius 3 is 2.50 bits per heavy atom. The molecule has 0 spiro atoms. The van der Waals surface area contributed by atoms with Gasteiger partial charge in [-0.3, -0.25) is 4.79 Å². The summed E-state index contributed by atoms with van der Waals surface area (Å²) in [5.74, 6) is -1.60. The number of hydrogen-bond acceptors (Lipinski definition) is 4. The summed E-state index contributed by atoms with van der Waals surface area (Å²) in [6.45, 7) is 0.110. The number of carboxylic acid groups (broad SMARTS) is 1. The van der Waals surface area contributed by atoms with Crippen molar-refractivity contribution >= 4 is 11.9 Å². The van der Waals surface area contributed by atoms with Crippen molar-refractivity contribution < 1.29 is 19.4 Å². The monoisotopic (exact) mass is 275 g/mol. The number of hydrogen-bond donors (Lipinski definition) is 2. The lowest BCUT2D eigenvalue weighted by atomic mass is 10.2. The minimum atomic E-state index is -1.07. The number of rotatable bonds is 5. The predicted molar refractivity (Wildman–Crippen MR) is 69.8 cm³/mol. The third-order valence-corrected chi connectivity index (χ3v) is 2.78. The summed E-state index contributed by atoms with van der Waals surface area (Å²) < 4.78 is 6.46. The number of aromatic nitrogens is 2. The molecule has 2 rings (SSSR count). The zero-order valence-corrected chi connectivity index (χ0v) is 10.7. The fraction of sp³-hybridized carbons (Fsp3) is 0.154. The minimum Gasteiger partial charge on any atom is -0.478 e. The Bertz CT molecular complexity index is 646. The number of ether oxygens (including phenoxy) is 1. The molecule has 0 aliphatic heterocycles. The first-order valence-corrected chi connectivity index (χ1v) is 5.74. The van der Waals surface area contributed by atoms with Crippen LogP contribution in [0.3, 0.4) is 0 Å². The zero-order chi connectivity index (χ0) is 14.7. The van der Waals surface area contributed by atoms with Crippen molar-refractivity contribution in [3.63, 3.8) is 0 Å². The van der Waals surface area contributed by atoms with E-state index in [0.717, 1.165) is 0 Å². The molecule has 0 radical (unpaired) electrons. The zero-order valence-electron chi connectivity index (χ0n) is 10.7. The third kappa shape index (κ3) is 2.52. The van der Waals surface area contributed by atoms with Gasteiger partial charge in [-0.25, -0.2) is 9.48 Å². The first kappa shape index (κ1) is 13.8. The minimum absolute atomic E-state index is 0.0748. The first-order valence-electron chi connectivity index (χ1n) is 5.74. The molecule has 0 unspecified atom stereocenters. The van der Waals surface area contributed by atoms with Gasteiger partial charge in [0.1, 0.15) is 5.56 Å². The average molecular weight is 275 g/mol. The normalized spacial score (nSPS) is 10.4. The number of primary amides is 1. The van der Waals surface area contributed by atoms with Crippen LogP contribution >= 0.6 is 0 Å². The molecule has 0 fully saturated rings. The first-order chi connectivity index (χ1) is 9.54. The highest BCUT2D eigenvalue weighted by molar-refractivity contribution is 5.93. The number of nitrogens with two attached hydrogens (primary N) is 1. The molecule has 1 amide bonds. The Hall–Kier alpha value is -2.67. The molecule has 1 aromatic carbocycles. The molecule has 0 atom stereocenters. The summed E-state index contributed by atoms with van der Waals surface area (Å²) in [5.41, 5.74) is 6.65. The van der Waals surface area contributed by atoms with Gasteiger partial charge in [0.25, 0.3) is 0 Å². The Balaban J connectivity index is 2.46. The fourth-order valence-electron chi connectivity index (χ4n) is 1.82. The molecular formula is C13H13N3O4. The van der Waals surface area contributed by atoms with E-state index in [4.69, 9.17) is 15.6 Å². The molecule has 0 aliphatic carbocycles. The van der Waals surface area contributed by atoms with Crippen molar-refractivity contribution in [1.82, 2.24) is 9.78 Å². The number of amides is 1. The molecule has 0 saturated carbocycles. The highest BCUT2D eigenvalue weighted by Crippen LogP contribution is 2.16. The predicted octanol–water partition coefficient (Wildman–Crippen LogP) is 0.816. The summed E-state index contributed by atoms with van der Waals surface area (Å²) in [6.07, 6.45) is 1.26. The van der Waals surface area contributed by atoms with Crippen LogP contribution in [0.5, 0.6) is 0 Å². The van der Waals surface area contributed by atoms with E-state index in [-0.39, 0.29) is 12.2 Å². The molecule has 1 heterocycles. The molecule has 20 heavy (non-hydrogen) atoms. The number of carboxylic acids is 1. The topological polar surface area (TPSA) is 107 Å². The van der Waals surface area contributed by atoms with Gasteiger partial charge in [0.2, 0.25) is 5.91 Å². The number of carbonyl (C=O) groups is 2. The van der Waals surface area contributed by atoms with Gasteiger partial charge in [-0.05, 0) is 24.3 Å². The molecular weight excluding hydrogens is 262 g/mol. The van der Waals surface area contributed by atoms with Crippen LogP contribution in [0.2, 0.25) is 0 Å². The van der Waals surface area contributed by atoms with E-state index >= 15 is 0 Å². The second-order valence-corrected chi connectivity index (χ2v) is 4.07. The van der Waals surface area contributed by atoms with E-state index < -0.39 is 11.9 Å². The number of carbonyl (C=O) groups excluding carboxylic acids is 1. The second kappa shape index (κ2) is 5.54. The van der Waals surface area contributed by atoms with Crippen molar-refractivity contribution in [2.24, 2.45) is 5.73 Å². The van der Waals surface area contributed by atoms with Crippen LogP contribution < -0.4 is 5.73 Å². The maximum absolute atomic E-state index is 11.1. The van der Waals surface area contributed by atoms with E-state index in [1.54, 1.807) is 24.3 Å². The summed E-state index contributed by atoms with van der Waals surface area (Å²) in [5, 5.41) is 13.1. The highest BCUT2D eigenvalue weighted by Gasteiger charge is 2.17. The lowest BCUT2D eigenvalue weighted by Gasteiger charge is -2.08. The Morgan fingerprint density at radius 1 is 1.35 bits per heavy atom. The summed E-state index contributed by atoms with van der Waals surface area (Å²) in [4.78, 5) is 22.1. The Morgan fingerprint density at radius 2 is 2.00 bits per heavy atom. The molecule has 3 N–H and O–H groups in total. The van der Waals surface area contributed by atoms with Gasteiger partial charge in [-0.2, -0.15) is 5.10 Å². The number of aromatic carboxylic acids is 1. The van der Waals surface area contributed by atoms with E-state index in [1.807, 2.05) is 0 Å². The Kier molecular flexibility index (Phi) is 3.81. The maximum atomic E-state index is 11.1. The second-order valence-electron chi connectivity index (χ2n) is 4.07. The Labute approximate surface area is 114 Å². The lowest BCUT2D eigenvalue weighted by Crippen LogP contribution is -2.11. The van der Waals surface area contributed by atoms with E-state index in [1.165, 1.54) is 18.0 Å². The molecule has 104 valence electrons. The number of benzene rings is 1. The van der Waals surface area contributed by atoms with Crippen molar-refractivity contribution in [3.05, 3.63) is 47.3 Å². The average Bonchev–Trinajstić information content (AvgIpc) is 2.83. The van der Waals surface area contributed by atoms with Gasteiger partial charge in [-0.15, -0.1) is 0 Å². The largest absolute Gasteiger partial charge is 0.478 e. The van der Waals surface area contributed by atoms with Crippen LogP contribution in [-0.2, 0) is 11.3 Å². The maximum Gasteiger partial charge on any atom is 0.339 e. The van der Waals surface area contributed by atoms with Gasteiger partial charge < -0.3 is 15.6 Å². The van der Waals surface area contributed by atoms with Crippen molar-refractivity contribution in [1.29, 1.82) is 0 Å². The van der Waals surface area contributed by atoms with Gasteiger partial charge in [0.15, 0.2) is 0 Å². The molecule has 0 bridgehead atoms. The van der Waals surface area contributed by atoms with Gasteiger partial charge >= 0.3 is 5.97 Å². The van der Waals surface area contributed by atoms with Gasteiger partial charge in [-0.1, -0.05) is 0 Å². The summed E-state index contributed by atoms with van der Waals surface area (Å²) >= 11 is 0. The smallest absolute Gasteiger partial charge is 0.339 e. The standard InChI is InChI=1S/C13H13N3O4/c1-20-7-11-10(13(18)19)6-15-16(11)9-4-2-8(3-5-9)12(14)17/h2-6H,7H2,1H3,(H2,14,17)(H,18,19). The number of methoxy groups -OCH3 is 1. The lowest BCUT2D eigenvalue weighted by molar-refractivity contribution is 0.0691. The van der Waals surface area contributed by atoms with Gasteiger partial charge in [0, 0.05) is 12.7 Å². The molecule has 7 nitrogen and oxygen atoms in total. The molecule has 0 saturated heterocycles. The molecule has 7 heteroatoms. The summed E-state index contributed by atoms with van der Waals surface area (Å²) in [7, 11) is 1.47. The fourth-order valence-corrected chi connectivity index (χ4v) is 1.82. The van der Waals surface area contributed by atoms with E-state index in [9.17, 15) is 9.59 Å². The van der Waals surface area contributed by atoms with E-state index in [0.29, 0.717) is 16.9 Å².